The third-order valence-electron chi connectivity index (χ3n) is 5.51. The first kappa shape index (κ1) is 26.6. The summed E-state index contributed by atoms with van der Waals surface area (Å²) in [6, 6.07) is 0. The number of nitrogens with one attached hydrogen (secondary N) is 1. The molecule has 0 aromatic heterocycles. The van der Waals surface area contributed by atoms with E-state index >= 15 is 0 Å². The lowest BCUT2D eigenvalue weighted by atomic mass is 9.90. The Balaban J connectivity index is 3.64. The average molecular weight is 402 g/mol. The fourth-order valence-electron chi connectivity index (χ4n) is 3.62. The van der Waals surface area contributed by atoms with E-state index in [0.717, 1.165) is 24.2 Å². The minimum Gasteiger partial charge on any atom is -0.355 e. The van der Waals surface area contributed by atoms with E-state index < -0.39 is 10.8 Å². The molecule has 0 heterocycles. The number of carbonyl (C=O) groups is 1. The van der Waals surface area contributed by atoms with Crippen LogP contribution in [0, 0.1) is 23.7 Å². The Hall–Kier alpha value is -0.380. The van der Waals surface area contributed by atoms with Crippen molar-refractivity contribution < 1.29 is 9.00 Å². The summed E-state index contributed by atoms with van der Waals surface area (Å²) < 4.78 is 11.0. The Labute approximate surface area is 172 Å². The predicted molar refractivity (Wildman–Crippen MR) is 120 cm³/mol. The van der Waals surface area contributed by atoms with Gasteiger partial charge in [-0.15, -0.1) is 0 Å². The summed E-state index contributed by atoms with van der Waals surface area (Å²) >= 11 is 0. The first-order valence-electron chi connectivity index (χ1n) is 11.3. The van der Waals surface area contributed by atoms with E-state index in [-0.39, 0.29) is 5.91 Å². The lowest BCUT2D eigenvalue weighted by molar-refractivity contribution is -0.121. The fourth-order valence-corrected chi connectivity index (χ4v) is 4.01. The number of rotatable bonds is 17. The van der Waals surface area contributed by atoms with E-state index in [1.807, 2.05) is 0 Å². The van der Waals surface area contributed by atoms with E-state index in [4.69, 9.17) is 0 Å². The van der Waals surface area contributed by atoms with Gasteiger partial charge in [-0.3, -0.25) is 9.00 Å². The lowest BCUT2D eigenvalue weighted by Crippen LogP contribution is -2.28. The van der Waals surface area contributed by atoms with Crippen molar-refractivity contribution in [2.45, 2.75) is 98.8 Å². The van der Waals surface area contributed by atoms with E-state index in [9.17, 15) is 9.00 Å². The molecule has 1 N–H and O–H groups in total. The molecule has 4 unspecified atom stereocenters. The van der Waals surface area contributed by atoms with Crippen molar-refractivity contribution in [1.82, 2.24) is 5.32 Å². The molecule has 0 bridgehead atoms. The maximum absolute atomic E-state index is 11.8. The second kappa shape index (κ2) is 16.6. The summed E-state index contributed by atoms with van der Waals surface area (Å²) in [6.45, 7) is 12.1. The highest BCUT2D eigenvalue weighted by Gasteiger charge is 2.11. The third-order valence-corrected chi connectivity index (χ3v) is 6.29. The second-order valence-electron chi connectivity index (χ2n) is 9.33. The molecule has 0 fully saturated rings. The van der Waals surface area contributed by atoms with E-state index in [2.05, 4.69) is 39.9 Å². The van der Waals surface area contributed by atoms with Gasteiger partial charge >= 0.3 is 0 Å². The molecule has 0 aliphatic rings. The third kappa shape index (κ3) is 18.7. The van der Waals surface area contributed by atoms with E-state index in [0.29, 0.717) is 24.6 Å². The first-order valence-corrected chi connectivity index (χ1v) is 13.0. The Morgan fingerprint density at radius 2 is 1.22 bits per heavy atom. The zero-order valence-electron chi connectivity index (χ0n) is 19.0. The van der Waals surface area contributed by atoms with Gasteiger partial charge in [0.2, 0.25) is 5.91 Å². The predicted octanol–water partition coefficient (Wildman–Crippen LogP) is 5.95. The molecule has 0 rings (SSSR count). The van der Waals surface area contributed by atoms with Crippen molar-refractivity contribution in [2.24, 2.45) is 23.7 Å². The summed E-state index contributed by atoms with van der Waals surface area (Å²) in [7, 11) is -0.830. The van der Waals surface area contributed by atoms with Crippen LogP contribution in [0.25, 0.3) is 0 Å². The SMILES string of the molecule is CC(C)CCCC(C)CCCC(C)CCCC(C)CC(=O)NCCS(C)=O. The van der Waals surface area contributed by atoms with Crippen molar-refractivity contribution in [1.29, 1.82) is 0 Å². The Kier molecular flexibility index (Phi) is 16.3. The monoisotopic (exact) mass is 401 g/mol. The van der Waals surface area contributed by atoms with Crippen LogP contribution in [-0.4, -0.2) is 28.7 Å². The van der Waals surface area contributed by atoms with E-state index in [1.54, 1.807) is 6.26 Å². The van der Waals surface area contributed by atoms with Crippen LogP contribution in [0.5, 0.6) is 0 Å². The molecular weight excluding hydrogens is 354 g/mol. The van der Waals surface area contributed by atoms with Gasteiger partial charge in [-0.1, -0.05) is 92.4 Å². The van der Waals surface area contributed by atoms with Crippen molar-refractivity contribution in [3.63, 3.8) is 0 Å². The highest BCUT2D eigenvalue weighted by molar-refractivity contribution is 7.84. The van der Waals surface area contributed by atoms with Gasteiger partial charge < -0.3 is 5.32 Å². The zero-order valence-corrected chi connectivity index (χ0v) is 19.8. The van der Waals surface area contributed by atoms with Crippen LogP contribution in [0.15, 0.2) is 0 Å². The van der Waals surface area contributed by atoms with Crippen LogP contribution in [-0.2, 0) is 15.6 Å². The average Bonchev–Trinajstić information content (AvgIpc) is 2.53. The van der Waals surface area contributed by atoms with Gasteiger partial charge in [-0.05, 0) is 23.7 Å². The van der Waals surface area contributed by atoms with Gasteiger partial charge in [0.15, 0.2) is 0 Å². The van der Waals surface area contributed by atoms with Gasteiger partial charge in [0, 0.05) is 35.8 Å². The second-order valence-corrected chi connectivity index (χ2v) is 10.9. The molecule has 27 heavy (non-hydrogen) atoms. The molecule has 0 aromatic carbocycles. The molecule has 0 aromatic rings. The molecule has 3 nitrogen and oxygen atoms in total. The standard InChI is InChI=1S/C23H47NO2S/c1-19(2)10-7-11-20(3)12-8-13-21(4)14-9-15-22(5)18-23(25)24-16-17-27(6)26/h19-22H,7-18H2,1-6H3,(H,24,25). The molecule has 162 valence electrons. The molecule has 4 heteroatoms. The largest absolute Gasteiger partial charge is 0.355 e. The van der Waals surface area contributed by atoms with Crippen LogP contribution in [0.2, 0.25) is 0 Å². The highest BCUT2D eigenvalue weighted by Crippen LogP contribution is 2.22. The molecule has 0 radical (unpaired) electrons. The summed E-state index contributed by atoms with van der Waals surface area (Å²) in [6.07, 6.45) is 14.1. The number of hydrogen-bond donors (Lipinski definition) is 1. The molecule has 4 atom stereocenters. The van der Waals surface area contributed by atoms with Gasteiger partial charge in [-0.25, -0.2) is 0 Å². The van der Waals surface area contributed by atoms with Crippen molar-refractivity contribution in [3.8, 4) is 0 Å². The fraction of sp³-hybridized carbons (Fsp3) is 0.957. The van der Waals surface area contributed by atoms with Gasteiger partial charge in [-0.2, -0.15) is 0 Å². The van der Waals surface area contributed by atoms with Crippen LogP contribution in [0.3, 0.4) is 0 Å². The lowest BCUT2D eigenvalue weighted by Gasteiger charge is -2.16. The molecule has 0 aliphatic heterocycles. The van der Waals surface area contributed by atoms with Gasteiger partial charge in [0.25, 0.3) is 0 Å². The van der Waals surface area contributed by atoms with Gasteiger partial charge in [0.1, 0.15) is 0 Å². The quantitative estimate of drug-likeness (QED) is 0.327. The number of hydrogen-bond acceptors (Lipinski definition) is 2. The molecule has 0 saturated heterocycles. The smallest absolute Gasteiger partial charge is 0.220 e. The molecule has 0 spiro atoms. The normalized spacial score (nSPS) is 16.1. The topological polar surface area (TPSA) is 46.2 Å². The van der Waals surface area contributed by atoms with Crippen LogP contribution < -0.4 is 5.32 Å². The summed E-state index contributed by atoms with van der Waals surface area (Å²) in [5.74, 6) is 3.60. The minimum absolute atomic E-state index is 0.104. The Bertz CT molecular complexity index is 398. The maximum Gasteiger partial charge on any atom is 0.220 e. The highest BCUT2D eigenvalue weighted by atomic mass is 32.2. The van der Waals surface area contributed by atoms with Crippen LogP contribution in [0.4, 0.5) is 0 Å². The van der Waals surface area contributed by atoms with Crippen molar-refractivity contribution in [2.75, 3.05) is 18.6 Å². The minimum atomic E-state index is -0.830. The number of carbonyl (C=O) groups excluding carboxylic acids is 1. The summed E-state index contributed by atoms with van der Waals surface area (Å²) in [5.41, 5.74) is 0. The molecule has 1 amide bonds. The maximum atomic E-state index is 11.8. The van der Waals surface area contributed by atoms with E-state index in [1.165, 1.54) is 51.4 Å². The summed E-state index contributed by atoms with van der Waals surface area (Å²) in [5, 5.41) is 2.87. The molecular formula is C23H47NO2S. The first-order chi connectivity index (χ1) is 12.7. The molecule has 0 saturated carbocycles. The number of amides is 1. The van der Waals surface area contributed by atoms with Crippen LogP contribution in [0.1, 0.15) is 98.8 Å². The van der Waals surface area contributed by atoms with Crippen molar-refractivity contribution in [3.05, 3.63) is 0 Å². The zero-order chi connectivity index (χ0) is 20.7. The van der Waals surface area contributed by atoms with Crippen molar-refractivity contribution >= 4 is 16.7 Å². The summed E-state index contributed by atoms with van der Waals surface area (Å²) in [4.78, 5) is 11.8. The molecule has 0 aliphatic carbocycles. The van der Waals surface area contributed by atoms with Crippen LogP contribution >= 0.6 is 0 Å². The van der Waals surface area contributed by atoms with Gasteiger partial charge in [0.05, 0.1) is 0 Å². The Morgan fingerprint density at radius 1 is 0.778 bits per heavy atom. The Morgan fingerprint density at radius 3 is 1.67 bits per heavy atom.